The van der Waals surface area contributed by atoms with Crippen LogP contribution in [0.3, 0.4) is 0 Å². The van der Waals surface area contributed by atoms with Crippen LogP contribution in [0, 0.1) is 5.92 Å². The molecule has 0 unspecified atom stereocenters. The number of rotatable bonds is 6. The molecule has 4 nitrogen and oxygen atoms in total. The first kappa shape index (κ1) is 19.2. The van der Waals surface area contributed by atoms with Crippen LogP contribution in [0.25, 0.3) is 0 Å². The molecule has 1 fully saturated rings. The highest BCUT2D eigenvalue weighted by atomic mass is 16.2. The van der Waals surface area contributed by atoms with Crippen molar-refractivity contribution in [3.05, 3.63) is 71.8 Å². The standard InChI is InChI=1S/C23H28N2O2/c1-19(26)25(17-22-10-6-3-7-11-22)18-23(27)24-14-12-21(13-15-24)16-20-8-4-2-5-9-20/h2-11,21H,12-18H2,1H3. The zero-order chi connectivity index (χ0) is 19.1. The number of nitrogens with zero attached hydrogens (tertiary/aromatic N) is 2. The van der Waals surface area contributed by atoms with E-state index in [1.54, 1.807) is 4.90 Å². The first-order valence-electron chi connectivity index (χ1n) is 9.73. The van der Waals surface area contributed by atoms with E-state index in [0.717, 1.165) is 37.9 Å². The molecule has 3 rings (SSSR count). The summed E-state index contributed by atoms with van der Waals surface area (Å²) in [6, 6.07) is 20.4. The molecule has 0 saturated carbocycles. The second-order valence-electron chi connectivity index (χ2n) is 7.37. The van der Waals surface area contributed by atoms with Crippen molar-refractivity contribution in [3.63, 3.8) is 0 Å². The van der Waals surface area contributed by atoms with Crippen molar-refractivity contribution in [1.82, 2.24) is 9.80 Å². The lowest BCUT2D eigenvalue weighted by Crippen LogP contribution is -2.45. The van der Waals surface area contributed by atoms with Gasteiger partial charge in [0.2, 0.25) is 11.8 Å². The summed E-state index contributed by atoms with van der Waals surface area (Å²) < 4.78 is 0. The maximum absolute atomic E-state index is 12.7. The SMILES string of the molecule is CC(=O)N(CC(=O)N1CCC(Cc2ccccc2)CC1)Cc1ccccc1. The van der Waals surface area contributed by atoms with Gasteiger partial charge in [-0.05, 0) is 36.3 Å². The van der Waals surface area contributed by atoms with Crippen molar-refractivity contribution < 1.29 is 9.59 Å². The first-order chi connectivity index (χ1) is 13.1. The summed E-state index contributed by atoms with van der Waals surface area (Å²) >= 11 is 0. The Labute approximate surface area is 161 Å². The molecule has 0 aliphatic carbocycles. The lowest BCUT2D eigenvalue weighted by Gasteiger charge is -2.33. The van der Waals surface area contributed by atoms with E-state index in [1.807, 2.05) is 41.3 Å². The molecule has 1 aliphatic rings. The third-order valence-corrected chi connectivity index (χ3v) is 5.32. The average molecular weight is 364 g/mol. The van der Waals surface area contributed by atoms with Gasteiger partial charge >= 0.3 is 0 Å². The summed E-state index contributed by atoms with van der Waals surface area (Å²) in [6.45, 7) is 3.74. The van der Waals surface area contributed by atoms with Gasteiger partial charge in [-0.1, -0.05) is 60.7 Å². The van der Waals surface area contributed by atoms with Crippen molar-refractivity contribution in [2.45, 2.75) is 32.7 Å². The molecule has 1 saturated heterocycles. The number of carbonyl (C=O) groups is 2. The number of amides is 2. The molecule has 4 heteroatoms. The lowest BCUT2D eigenvalue weighted by molar-refractivity contribution is -0.140. The Morgan fingerprint density at radius 2 is 1.48 bits per heavy atom. The second-order valence-corrected chi connectivity index (χ2v) is 7.37. The Bertz CT molecular complexity index is 737. The van der Waals surface area contributed by atoms with Crippen molar-refractivity contribution in [2.24, 2.45) is 5.92 Å². The van der Waals surface area contributed by atoms with Gasteiger partial charge in [-0.15, -0.1) is 0 Å². The Hall–Kier alpha value is -2.62. The predicted molar refractivity (Wildman–Crippen MR) is 107 cm³/mol. The molecule has 0 spiro atoms. The summed E-state index contributed by atoms with van der Waals surface area (Å²) in [7, 11) is 0. The zero-order valence-electron chi connectivity index (χ0n) is 16.0. The number of carbonyl (C=O) groups excluding carboxylic acids is 2. The van der Waals surface area contributed by atoms with Gasteiger partial charge < -0.3 is 9.80 Å². The molecule has 2 aromatic rings. The van der Waals surface area contributed by atoms with Gasteiger partial charge in [-0.25, -0.2) is 0 Å². The number of hydrogen-bond donors (Lipinski definition) is 0. The van der Waals surface area contributed by atoms with Gasteiger partial charge in [0.1, 0.15) is 6.54 Å². The van der Waals surface area contributed by atoms with E-state index in [-0.39, 0.29) is 18.4 Å². The Morgan fingerprint density at radius 1 is 0.926 bits per heavy atom. The van der Waals surface area contributed by atoms with E-state index in [1.165, 1.54) is 12.5 Å². The van der Waals surface area contributed by atoms with Crippen LogP contribution in [-0.4, -0.2) is 41.2 Å². The molecule has 0 bridgehead atoms. The molecule has 2 aromatic carbocycles. The molecule has 27 heavy (non-hydrogen) atoms. The zero-order valence-corrected chi connectivity index (χ0v) is 16.0. The van der Waals surface area contributed by atoms with Crippen LogP contribution in [0.2, 0.25) is 0 Å². The van der Waals surface area contributed by atoms with Crippen LogP contribution in [0.15, 0.2) is 60.7 Å². The second kappa shape index (κ2) is 9.36. The quantitative estimate of drug-likeness (QED) is 0.787. The van der Waals surface area contributed by atoms with Crippen molar-refractivity contribution in [2.75, 3.05) is 19.6 Å². The van der Waals surface area contributed by atoms with E-state index in [4.69, 9.17) is 0 Å². The van der Waals surface area contributed by atoms with Crippen LogP contribution in [0.1, 0.15) is 30.9 Å². The Balaban J connectivity index is 1.49. The topological polar surface area (TPSA) is 40.6 Å². The van der Waals surface area contributed by atoms with Crippen LogP contribution in [0.4, 0.5) is 0 Å². The molecule has 1 aliphatic heterocycles. The smallest absolute Gasteiger partial charge is 0.242 e. The van der Waals surface area contributed by atoms with E-state index in [2.05, 4.69) is 24.3 Å². The molecule has 0 N–H and O–H groups in total. The summed E-state index contributed by atoms with van der Waals surface area (Å²) in [6.07, 6.45) is 3.13. The molecule has 1 heterocycles. The van der Waals surface area contributed by atoms with E-state index in [0.29, 0.717) is 12.5 Å². The van der Waals surface area contributed by atoms with Crippen molar-refractivity contribution in [1.29, 1.82) is 0 Å². The molecule has 2 amide bonds. The van der Waals surface area contributed by atoms with Crippen LogP contribution >= 0.6 is 0 Å². The molecular weight excluding hydrogens is 336 g/mol. The monoisotopic (exact) mass is 364 g/mol. The van der Waals surface area contributed by atoms with Gasteiger partial charge in [-0.2, -0.15) is 0 Å². The molecule has 0 aromatic heterocycles. The van der Waals surface area contributed by atoms with Crippen molar-refractivity contribution in [3.8, 4) is 0 Å². The van der Waals surface area contributed by atoms with E-state index in [9.17, 15) is 9.59 Å². The minimum Gasteiger partial charge on any atom is -0.341 e. The van der Waals surface area contributed by atoms with Gasteiger partial charge in [0.05, 0.1) is 0 Å². The molecular formula is C23H28N2O2. The van der Waals surface area contributed by atoms with E-state index < -0.39 is 0 Å². The lowest BCUT2D eigenvalue weighted by atomic mass is 9.90. The van der Waals surface area contributed by atoms with Gasteiger partial charge in [-0.3, -0.25) is 9.59 Å². The Morgan fingerprint density at radius 3 is 2.04 bits per heavy atom. The average Bonchev–Trinajstić information content (AvgIpc) is 2.69. The van der Waals surface area contributed by atoms with Crippen LogP contribution < -0.4 is 0 Å². The summed E-state index contributed by atoms with van der Waals surface area (Å²) in [5.74, 6) is 0.620. The maximum Gasteiger partial charge on any atom is 0.242 e. The molecule has 0 atom stereocenters. The third kappa shape index (κ3) is 5.68. The predicted octanol–water partition coefficient (Wildman–Crippen LogP) is 3.52. The van der Waals surface area contributed by atoms with Crippen LogP contribution in [-0.2, 0) is 22.6 Å². The largest absolute Gasteiger partial charge is 0.341 e. The number of likely N-dealkylation sites (tertiary alicyclic amines) is 1. The first-order valence-corrected chi connectivity index (χ1v) is 9.73. The van der Waals surface area contributed by atoms with Crippen molar-refractivity contribution >= 4 is 11.8 Å². The number of hydrogen-bond acceptors (Lipinski definition) is 2. The van der Waals surface area contributed by atoms with Gasteiger partial charge in [0, 0.05) is 26.6 Å². The number of piperidine rings is 1. The summed E-state index contributed by atoms with van der Waals surface area (Å²) in [5, 5.41) is 0. The normalized spacial score (nSPS) is 14.8. The fourth-order valence-corrected chi connectivity index (χ4v) is 3.68. The third-order valence-electron chi connectivity index (χ3n) is 5.32. The maximum atomic E-state index is 12.7. The van der Waals surface area contributed by atoms with E-state index >= 15 is 0 Å². The number of benzene rings is 2. The fraction of sp³-hybridized carbons (Fsp3) is 0.391. The summed E-state index contributed by atoms with van der Waals surface area (Å²) in [5.41, 5.74) is 2.41. The van der Waals surface area contributed by atoms with Gasteiger partial charge in [0.25, 0.3) is 0 Å². The molecule has 0 radical (unpaired) electrons. The van der Waals surface area contributed by atoms with Gasteiger partial charge in [0.15, 0.2) is 0 Å². The highest BCUT2D eigenvalue weighted by molar-refractivity contribution is 5.83. The molecule has 142 valence electrons. The van der Waals surface area contributed by atoms with Crippen LogP contribution in [0.5, 0.6) is 0 Å². The minimum absolute atomic E-state index is 0.0549. The highest BCUT2D eigenvalue weighted by Gasteiger charge is 2.25. The highest BCUT2D eigenvalue weighted by Crippen LogP contribution is 2.22. The summed E-state index contributed by atoms with van der Waals surface area (Å²) in [4.78, 5) is 28.2. The fourth-order valence-electron chi connectivity index (χ4n) is 3.68. The Kier molecular flexibility index (Phi) is 6.64. The minimum atomic E-state index is -0.0637.